The van der Waals surface area contributed by atoms with Crippen LogP contribution in [0, 0.1) is 0 Å². The van der Waals surface area contributed by atoms with E-state index in [9.17, 15) is 9.59 Å². The van der Waals surface area contributed by atoms with Crippen LogP contribution in [-0.2, 0) is 9.59 Å². The highest BCUT2D eigenvalue weighted by atomic mass is 32.1. The molecule has 0 aliphatic carbocycles. The number of nitrogens with one attached hydrogen (secondary N) is 2. The summed E-state index contributed by atoms with van der Waals surface area (Å²) in [5, 5.41) is 12.2. The topological polar surface area (TPSA) is 104 Å². The number of aromatic nitrogens is 1. The molecular formula is C25H23N5O2S. The predicted molar refractivity (Wildman–Crippen MR) is 131 cm³/mol. The van der Waals surface area contributed by atoms with Crippen molar-refractivity contribution >= 4 is 45.5 Å². The number of aromatic amines is 1. The Kier molecular flexibility index (Phi) is 5.66. The number of nitrogens with zero attached hydrogens (tertiary/aromatic N) is 2. The number of nitrogens with two attached hydrogens (primary N) is 1. The van der Waals surface area contributed by atoms with Crippen LogP contribution in [0.4, 0.5) is 5.69 Å². The van der Waals surface area contributed by atoms with E-state index in [1.165, 1.54) is 5.01 Å². The van der Waals surface area contributed by atoms with Crippen LogP contribution in [-0.4, -0.2) is 35.1 Å². The lowest BCUT2D eigenvalue weighted by Gasteiger charge is -2.20. The van der Waals surface area contributed by atoms with Gasteiger partial charge in [0.05, 0.1) is 5.69 Å². The van der Waals surface area contributed by atoms with Gasteiger partial charge in [-0.1, -0.05) is 42.5 Å². The highest BCUT2D eigenvalue weighted by molar-refractivity contribution is 7.10. The first-order chi connectivity index (χ1) is 16.1. The summed E-state index contributed by atoms with van der Waals surface area (Å²) >= 11 is 1.66. The normalized spacial score (nSPS) is 16.5. The van der Waals surface area contributed by atoms with Crippen LogP contribution in [0.15, 0.2) is 83.4 Å². The fourth-order valence-electron chi connectivity index (χ4n) is 4.22. The summed E-state index contributed by atoms with van der Waals surface area (Å²) in [6.07, 6.45) is 2.18. The van der Waals surface area contributed by atoms with E-state index < -0.39 is 11.9 Å². The molecule has 7 nitrogen and oxygen atoms in total. The van der Waals surface area contributed by atoms with Gasteiger partial charge in [-0.2, -0.15) is 5.10 Å². The first kappa shape index (κ1) is 21.0. The SMILES string of the molecule is NC(=O)[C@@H]1CC(C(=O)NC[C@@H](c2cccs2)c2c[nH]c3ccccc23)=NN1c1ccccc1. The Morgan fingerprint density at radius 1 is 1.12 bits per heavy atom. The third-order valence-electron chi connectivity index (χ3n) is 5.87. The van der Waals surface area contributed by atoms with E-state index in [1.54, 1.807) is 11.3 Å². The number of para-hydroxylation sites is 2. The van der Waals surface area contributed by atoms with Gasteiger partial charge in [0, 0.05) is 40.9 Å². The van der Waals surface area contributed by atoms with Gasteiger partial charge in [0.2, 0.25) is 5.91 Å². The van der Waals surface area contributed by atoms with Crippen molar-refractivity contribution in [3.63, 3.8) is 0 Å². The average Bonchev–Trinajstić information content (AvgIpc) is 3.60. The van der Waals surface area contributed by atoms with Crippen LogP contribution >= 0.6 is 11.3 Å². The Morgan fingerprint density at radius 3 is 2.67 bits per heavy atom. The molecule has 2 aromatic carbocycles. The fraction of sp³-hybridized carbons (Fsp3) is 0.160. The predicted octanol–water partition coefficient (Wildman–Crippen LogP) is 3.60. The number of primary amides is 1. The molecule has 0 unspecified atom stereocenters. The fourth-order valence-corrected chi connectivity index (χ4v) is 5.07. The summed E-state index contributed by atoms with van der Waals surface area (Å²) in [5.41, 5.74) is 8.81. The van der Waals surface area contributed by atoms with Crippen LogP contribution in [0.5, 0.6) is 0 Å². The van der Waals surface area contributed by atoms with Gasteiger partial charge in [-0.05, 0) is 35.2 Å². The molecule has 3 heterocycles. The second-order valence-corrected chi connectivity index (χ2v) is 8.90. The van der Waals surface area contributed by atoms with Gasteiger partial charge in [-0.3, -0.25) is 14.6 Å². The third-order valence-corrected chi connectivity index (χ3v) is 6.86. The molecule has 0 saturated heterocycles. The molecule has 166 valence electrons. The second-order valence-electron chi connectivity index (χ2n) is 7.92. The van der Waals surface area contributed by atoms with Gasteiger partial charge in [0.25, 0.3) is 5.91 Å². The molecule has 0 bridgehead atoms. The Labute approximate surface area is 194 Å². The van der Waals surface area contributed by atoms with Crippen molar-refractivity contribution in [3.8, 4) is 0 Å². The van der Waals surface area contributed by atoms with Gasteiger partial charge in [-0.15, -0.1) is 11.3 Å². The molecule has 33 heavy (non-hydrogen) atoms. The van der Waals surface area contributed by atoms with Crippen molar-refractivity contribution in [2.45, 2.75) is 18.4 Å². The first-order valence-corrected chi connectivity index (χ1v) is 11.6. The standard InChI is InChI=1S/C25H23N5O2S/c26-24(31)22-13-21(29-30(22)16-7-2-1-3-8-16)25(32)28-15-19(23-11-6-12-33-23)18-14-27-20-10-5-4-9-17(18)20/h1-12,14,19,22,27H,13,15H2,(H2,26,31)(H,28,32)/t19-,22+/m1/s1. The van der Waals surface area contributed by atoms with Crippen molar-refractivity contribution in [2.75, 3.05) is 11.6 Å². The number of rotatable bonds is 7. The van der Waals surface area contributed by atoms with E-state index in [1.807, 2.05) is 66.2 Å². The summed E-state index contributed by atoms with van der Waals surface area (Å²) < 4.78 is 0. The van der Waals surface area contributed by atoms with Crippen LogP contribution < -0.4 is 16.1 Å². The van der Waals surface area contributed by atoms with Crippen LogP contribution in [0.3, 0.4) is 0 Å². The number of H-pyrrole nitrogens is 1. The zero-order valence-corrected chi connectivity index (χ0v) is 18.6. The van der Waals surface area contributed by atoms with Crippen molar-refractivity contribution in [1.82, 2.24) is 10.3 Å². The molecule has 0 fully saturated rings. The lowest BCUT2D eigenvalue weighted by molar-refractivity contribution is -0.119. The molecule has 2 atom stereocenters. The maximum atomic E-state index is 13.1. The number of thiophene rings is 1. The molecule has 0 spiro atoms. The molecule has 5 rings (SSSR count). The van der Waals surface area contributed by atoms with Crippen LogP contribution in [0.2, 0.25) is 0 Å². The number of amides is 2. The summed E-state index contributed by atoms with van der Waals surface area (Å²) in [7, 11) is 0. The van der Waals surface area contributed by atoms with Crippen molar-refractivity contribution in [3.05, 3.63) is 88.7 Å². The maximum absolute atomic E-state index is 13.1. The van der Waals surface area contributed by atoms with Gasteiger partial charge in [0.1, 0.15) is 11.8 Å². The number of benzene rings is 2. The number of hydrogen-bond acceptors (Lipinski definition) is 5. The minimum atomic E-state index is -0.685. The smallest absolute Gasteiger partial charge is 0.267 e. The zero-order valence-electron chi connectivity index (χ0n) is 17.8. The lowest BCUT2D eigenvalue weighted by atomic mass is 9.96. The summed E-state index contributed by atoms with van der Waals surface area (Å²) in [4.78, 5) is 29.6. The van der Waals surface area contributed by atoms with E-state index in [-0.39, 0.29) is 18.2 Å². The molecule has 1 aliphatic rings. The van der Waals surface area contributed by atoms with Crippen molar-refractivity contribution < 1.29 is 9.59 Å². The molecule has 2 amide bonds. The molecule has 2 aromatic heterocycles. The van der Waals surface area contributed by atoms with Crippen molar-refractivity contribution in [1.29, 1.82) is 0 Å². The van der Waals surface area contributed by atoms with E-state index >= 15 is 0 Å². The summed E-state index contributed by atoms with van der Waals surface area (Å²) in [6.45, 7) is 0.410. The Bertz CT molecular complexity index is 1310. The third kappa shape index (κ3) is 4.12. The number of hydrazone groups is 1. The van der Waals surface area contributed by atoms with Crippen LogP contribution in [0.1, 0.15) is 22.8 Å². The molecule has 0 saturated carbocycles. The highest BCUT2D eigenvalue weighted by Gasteiger charge is 2.35. The minimum absolute atomic E-state index is 0.00994. The zero-order chi connectivity index (χ0) is 22.8. The number of anilines is 1. The number of carbonyl (C=O) groups excluding carboxylic acids is 2. The van der Waals surface area contributed by atoms with E-state index in [0.717, 1.165) is 27.0 Å². The number of hydrogen-bond donors (Lipinski definition) is 3. The molecule has 8 heteroatoms. The highest BCUT2D eigenvalue weighted by Crippen LogP contribution is 2.33. The monoisotopic (exact) mass is 457 g/mol. The Hall–Kier alpha value is -3.91. The molecule has 1 aliphatic heterocycles. The van der Waals surface area contributed by atoms with E-state index in [4.69, 9.17) is 5.73 Å². The molecular weight excluding hydrogens is 434 g/mol. The quantitative estimate of drug-likeness (QED) is 0.395. The average molecular weight is 458 g/mol. The number of carbonyl (C=O) groups is 2. The van der Waals surface area contributed by atoms with Gasteiger partial charge in [0.15, 0.2) is 0 Å². The molecule has 4 aromatic rings. The minimum Gasteiger partial charge on any atom is -0.368 e. The summed E-state index contributed by atoms with van der Waals surface area (Å²) in [6, 6.07) is 20.8. The van der Waals surface area contributed by atoms with E-state index in [2.05, 4.69) is 27.5 Å². The first-order valence-electron chi connectivity index (χ1n) is 10.7. The Morgan fingerprint density at radius 2 is 1.91 bits per heavy atom. The lowest BCUT2D eigenvalue weighted by Crippen LogP contribution is -2.40. The van der Waals surface area contributed by atoms with Crippen LogP contribution in [0.25, 0.3) is 10.9 Å². The summed E-state index contributed by atoms with van der Waals surface area (Å²) in [5.74, 6) is -0.814. The van der Waals surface area contributed by atoms with Gasteiger partial charge < -0.3 is 16.0 Å². The Balaban J connectivity index is 1.38. The molecule has 4 N–H and O–H groups in total. The van der Waals surface area contributed by atoms with Gasteiger partial charge in [-0.25, -0.2) is 0 Å². The second kappa shape index (κ2) is 8.91. The number of fused-ring (bicyclic) bond motifs is 1. The molecule has 0 radical (unpaired) electrons. The van der Waals surface area contributed by atoms with Crippen molar-refractivity contribution in [2.24, 2.45) is 10.8 Å². The maximum Gasteiger partial charge on any atom is 0.267 e. The van der Waals surface area contributed by atoms with E-state index in [0.29, 0.717) is 12.3 Å². The van der Waals surface area contributed by atoms with Gasteiger partial charge >= 0.3 is 0 Å². The largest absolute Gasteiger partial charge is 0.368 e.